The fourth-order valence-electron chi connectivity index (χ4n) is 4.25. The van der Waals surface area contributed by atoms with E-state index in [0.29, 0.717) is 17.1 Å². The SMILES string of the molecule is COc1cccc(Oc2ncc(-c3ccc(C(=O)N[C@@H]4CCCc5ccccc54)cc3)cn2)c1. The molecule has 0 saturated heterocycles. The number of benzene rings is 3. The number of carbonyl (C=O) groups is 1. The van der Waals surface area contributed by atoms with E-state index >= 15 is 0 Å². The van der Waals surface area contributed by atoms with Gasteiger partial charge in [-0.05, 0) is 60.2 Å². The minimum Gasteiger partial charge on any atom is -0.497 e. The number of aromatic nitrogens is 2. The van der Waals surface area contributed by atoms with E-state index in [2.05, 4.69) is 33.5 Å². The van der Waals surface area contributed by atoms with Crippen molar-refractivity contribution >= 4 is 5.91 Å². The van der Waals surface area contributed by atoms with Crippen LogP contribution in [0.15, 0.2) is 85.2 Å². The first-order valence-electron chi connectivity index (χ1n) is 11.3. The van der Waals surface area contributed by atoms with E-state index in [4.69, 9.17) is 9.47 Å². The number of hydrogen-bond donors (Lipinski definition) is 1. The second-order valence-corrected chi connectivity index (χ2v) is 8.23. The third-order valence-electron chi connectivity index (χ3n) is 6.03. The van der Waals surface area contributed by atoms with Crippen LogP contribution in [0.4, 0.5) is 0 Å². The lowest BCUT2D eigenvalue weighted by Crippen LogP contribution is -2.30. The van der Waals surface area contributed by atoms with Crippen molar-refractivity contribution in [1.82, 2.24) is 15.3 Å². The fraction of sp³-hybridized carbons (Fsp3) is 0.179. The molecule has 0 radical (unpaired) electrons. The van der Waals surface area contributed by atoms with Gasteiger partial charge in [0, 0.05) is 29.6 Å². The lowest BCUT2D eigenvalue weighted by atomic mass is 9.87. The lowest BCUT2D eigenvalue weighted by molar-refractivity contribution is 0.0933. The normalized spacial score (nSPS) is 14.7. The average Bonchev–Trinajstić information content (AvgIpc) is 2.89. The predicted molar refractivity (Wildman–Crippen MR) is 130 cm³/mol. The Hall–Kier alpha value is -4.19. The molecule has 1 aliphatic carbocycles. The number of methoxy groups -OCH3 is 1. The summed E-state index contributed by atoms with van der Waals surface area (Å²) in [6.07, 6.45) is 6.52. The van der Waals surface area contributed by atoms with Gasteiger partial charge in [-0.3, -0.25) is 4.79 Å². The molecular weight excluding hydrogens is 426 g/mol. The average molecular weight is 452 g/mol. The molecule has 0 spiro atoms. The highest BCUT2D eigenvalue weighted by atomic mass is 16.5. The molecular formula is C28H25N3O3. The smallest absolute Gasteiger partial charge is 0.321 e. The van der Waals surface area contributed by atoms with Crippen LogP contribution < -0.4 is 14.8 Å². The van der Waals surface area contributed by atoms with Crippen molar-refractivity contribution in [2.24, 2.45) is 0 Å². The molecule has 6 heteroatoms. The molecule has 1 heterocycles. The summed E-state index contributed by atoms with van der Waals surface area (Å²) in [5, 5.41) is 3.20. The zero-order valence-corrected chi connectivity index (χ0v) is 18.9. The molecule has 170 valence electrons. The molecule has 0 unspecified atom stereocenters. The van der Waals surface area contributed by atoms with Gasteiger partial charge in [0.1, 0.15) is 11.5 Å². The topological polar surface area (TPSA) is 73.3 Å². The van der Waals surface area contributed by atoms with E-state index in [0.717, 1.165) is 30.4 Å². The second-order valence-electron chi connectivity index (χ2n) is 8.23. The first-order valence-corrected chi connectivity index (χ1v) is 11.3. The molecule has 3 aromatic carbocycles. The van der Waals surface area contributed by atoms with Crippen molar-refractivity contribution in [1.29, 1.82) is 0 Å². The standard InChI is InChI=1S/C28H25N3O3/c1-33-23-8-5-9-24(16-23)34-28-29-17-22(18-30-28)19-12-14-21(15-13-19)27(32)31-26-11-4-7-20-6-2-3-10-25(20)26/h2-3,5-6,8-10,12-18,26H,4,7,11H2,1H3,(H,31,32)/t26-/m1/s1. The van der Waals surface area contributed by atoms with Gasteiger partial charge in [-0.2, -0.15) is 0 Å². The zero-order chi connectivity index (χ0) is 23.3. The summed E-state index contributed by atoms with van der Waals surface area (Å²) < 4.78 is 10.9. The Morgan fingerprint density at radius 2 is 1.68 bits per heavy atom. The minimum absolute atomic E-state index is 0.0580. The number of fused-ring (bicyclic) bond motifs is 1. The van der Waals surface area contributed by atoms with E-state index in [1.807, 2.05) is 48.5 Å². The largest absolute Gasteiger partial charge is 0.497 e. The number of amides is 1. The van der Waals surface area contributed by atoms with Crippen LogP contribution in [-0.4, -0.2) is 23.0 Å². The van der Waals surface area contributed by atoms with Crippen LogP contribution in [0.5, 0.6) is 17.5 Å². The maximum absolute atomic E-state index is 12.9. The first kappa shape index (κ1) is 21.6. The van der Waals surface area contributed by atoms with E-state index in [1.165, 1.54) is 11.1 Å². The predicted octanol–water partition coefficient (Wildman–Crippen LogP) is 5.75. The maximum atomic E-state index is 12.9. The van der Waals surface area contributed by atoms with Crippen molar-refractivity contribution in [2.45, 2.75) is 25.3 Å². The van der Waals surface area contributed by atoms with Crippen LogP contribution in [0.3, 0.4) is 0 Å². The number of aryl methyl sites for hydroxylation is 1. The molecule has 1 aromatic heterocycles. The van der Waals surface area contributed by atoms with E-state index in [9.17, 15) is 4.79 Å². The van der Waals surface area contributed by atoms with Gasteiger partial charge in [0.25, 0.3) is 5.91 Å². The summed E-state index contributed by atoms with van der Waals surface area (Å²) in [7, 11) is 1.61. The minimum atomic E-state index is -0.0634. The summed E-state index contributed by atoms with van der Waals surface area (Å²) in [6, 6.07) is 23.4. The zero-order valence-electron chi connectivity index (χ0n) is 18.9. The number of nitrogens with one attached hydrogen (secondary N) is 1. The van der Waals surface area contributed by atoms with Crippen LogP contribution in [0.2, 0.25) is 0 Å². The van der Waals surface area contributed by atoms with Gasteiger partial charge < -0.3 is 14.8 Å². The van der Waals surface area contributed by atoms with Gasteiger partial charge >= 0.3 is 6.01 Å². The highest BCUT2D eigenvalue weighted by Crippen LogP contribution is 2.30. The molecule has 5 rings (SSSR count). The van der Waals surface area contributed by atoms with E-state index in [1.54, 1.807) is 25.6 Å². The molecule has 1 aliphatic rings. The summed E-state index contributed by atoms with van der Waals surface area (Å²) in [5.41, 5.74) is 4.95. The summed E-state index contributed by atoms with van der Waals surface area (Å²) in [6.45, 7) is 0. The fourth-order valence-corrected chi connectivity index (χ4v) is 4.25. The third-order valence-corrected chi connectivity index (χ3v) is 6.03. The van der Waals surface area contributed by atoms with Crippen molar-refractivity contribution < 1.29 is 14.3 Å². The van der Waals surface area contributed by atoms with Gasteiger partial charge in [0.05, 0.1) is 13.2 Å². The van der Waals surface area contributed by atoms with E-state index < -0.39 is 0 Å². The second kappa shape index (κ2) is 9.75. The highest BCUT2D eigenvalue weighted by molar-refractivity contribution is 5.95. The molecule has 0 saturated carbocycles. The summed E-state index contributed by atoms with van der Waals surface area (Å²) in [5.74, 6) is 1.24. The molecule has 0 fully saturated rings. The highest BCUT2D eigenvalue weighted by Gasteiger charge is 2.21. The van der Waals surface area contributed by atoms with Crippen LogP contribution in [0.1, 0.15) is 40.4 Å². The van der Waals surface area contributed by atoms with Crippen molar-refractivity contribution in [3.8, 4) is 28.6 Å². The van der Waals surface area contributed by atoms with Crippen molar-refractivity contribution in [3.63, 3.8) is 0 Å². The Morgan fingerprint density at radius 1 is 0.912 bits per heavy atom. The summed E-state index contributed by atoms with van der Waals surface area (Å²) >= 11 is 0. The monoisotopic (exact) mass is 451 g/mol. The Morgan fingerprint density at radius 3 is 2.47 bits per heavy atom. The van der Waals surface area contributed by atoms with Gasteiger partial charge in [-0.25, -0.2) is 9.97 Å². The maximum Gasteiger partial charge on any atom is 0.321 e. The number of nitrogens with zero attached hydrogens (tertiary/aromatic N) is 2. The summed E-state index contributed by atoms with van der Waals surface area (Å²) in [4.78, 5) is 21.5. The molecule has 1 N–H and O–H groups in total. The Balaban J connectivity index is 1.25. The van der Waals surface area contributed by atoms with Crippen LogP contribution in [0.25, 0.3) is 11.1 Å². The van der Waals surface area contributed by atoms with Crippen molar-refractivity contribution in [3.05, 3.63) is 102 Å². The van der Waals surface area contributed by atoms with E-state index in [-0.39, 0.29) is 18.0 Å². The molecule has 34 heavy (non-hydrogen) atoms. The molecule has 0 aliphatic heterocycles. The molecule has 1 amide bonds. The van der Waals surface area contributed by atoms with Crippen LogP contribution >= 0.6 is 0 Å². The van der Waals surface area contributed by atoms with Gasteiger partial charge in [-0.1, -0.05) is 42.5 Å². The lowest BCUT2D eigenvalue weighted by Gasteiger charge is -2.26. The Kier molecular flexibility index (Phi) is 6.21. The number of ether oxygens (including phenoxy) is 2. The van der Waals surface area contributed by atoms with Gasteiger partial charge in [-0.15, -0.1) is 0 Å². The van der Waals surface area contributed by atoms with Crippen LogP contribution in [0, 0.1) is 0 Å². The first-order chi connectivity index (χ1) is 16.7. The third kappa shape index (κ3) is 4.76. The quantitative estimate of drug-likeness (QED) is 0.404. The molecule has 0 bridgehead atoms. The molecule has 6 nitrogen and oxygen atoms in total. The Bertz CT molecular complexity index is 1290. The van der Waals surface area contributed by atoms with Gasteiger partial charge in [0.2, 0.25) is 0 Å². The van der Waals surface area contributed by atoms with Crippen LogP contribution in [-0.2, 0) is 6.42 Å². The Labute approximate surface area is 198 Å². The number of hydrogen-bond acceptors (Lipinski definition) is 5. The number of rotatable bonds is 6. The number of carbonyl (C=O) groups excluding carboxylic acids is 1. The van der Waals surface area contributed by atoms with Crippen molar-refractivity contribution in [2.75, 3.05) is 7.11 Å². The molecule has 1 atom stereocenters. The molecule has 4 aromatic rings. The van der Waals surface area contributed by atoms with Gasteiger partial charge in [0.15, 0.2) is 0 Å².